The molecule has 1 fully saturated rings. The summed E-state index contributed by atoms with van der Waals surface area (Å²) in [5.41, 5.74) is 0. The van der Waals surface area contributed by atoms with Crippen molar-refractivity contribution in [3.05, 3.63) is 0 Å². The Kier molecular flexibility index (Phi) is 5.73. The summed E-state index contributed by atoms with van der Waals surface area (Å²) >= 11 is 0. The van der Waals surface area contributed by atoms with Crippen LogP contribution in [-0.2, 0) is 10.9 Å². The molecule has 0 aromatic carbocycles. The van der Waals surface area contributed by atoms with Crippen LogP contribution in [0.1, 0.15) is 27.2 Å². The molecule has 1 heterocycles. The predicted octanol–water partition coefficient (Wildman–Crippen LogP) is 2.05. The highest BCUT2D eigenvalue weighted by molar-refractivity contribution is 7.98. The molecular formula is C7H17S+. The van der Waals surface area contributed by atoms with E-state index in [9.17, 15) is 0 Å². The van der Waals surface area contributed by atoms with Gasteiger partial charge in [0.25, 0.3) is 0 Å². The van der Waals surface area contributed by atoms with Crippen LogP contribution in [0.2, 0.25) is 0 Å². The monoisotopic (exact) mass is 133 g/mol. The van der Waals surface area contributed by atoms with Gasteiger partial charge in [0.15, 0.2) is 0 Å². The van der Waals surface area contributed by atoms with Crippen molar-refractivity contribution in [2.45, 2.75) is 27.2 Å². The van der Waals surface area contributed by atoms with Crippen LogP contribution in [0.5, 0.6) is 0 Å². The molecule has 0 aliphatic carbocycles. The fourth-order valence-electron chi connectivity index (χ4n) is 0.637. The van der Waals surface area contributed by atoms with Crippen molar-refractivity contribution in [3.63, 3.8) is 0 Å². The molecule has 8 heavy (non-hydrogen) atoms. The quantitative estimate of drug-likeness (QED) is 0.480. The van der Waals surface area contributed by atoms with E-state index in [2.05, 4.69) is 6.92 Å². The molecule has 0 unspecified atom stereocenters. The highest BCUT2D eigenvalue weighted by atomic mass is 32.2. The van der Waals surface area contributed by atoms with Crippen LogP contribution in [0.3, 0.4) is 0 Å². The van der Waals surface area contributed by atoms with Crippen LogP contribution in [0.4, 0.5) is 0 Å². The Hall–Kier alpha value is 0.350. The number of hydrogen-bond acceptors (Lipinski definition) is 0. The van der Waals surface area contributed by atoms with Gasteiger partial charge in [0.1, 0.15) is 17.3 Å². The van der Waals surface area contributed by atoms with Crippen molar-refractivity contribution in [2.75, 3.05) is 17.3 Å². The smallest absolute Gasteiger partial charge is 0.0683 e. The molecule has 50 valence electrons. The van der Waals surface area contributed by atoms with Crippen LogP contribution in [0, 0.1) is 0 Å². The summed E-state index contributed by atoms with van der Waals surface area (Å²) in [6.07, 6.45) is 1.51. The lowest BCUT2D eigenvalue weighted by Gasteiger charge is -2.12. The summed E-state index contributed by atoms with van der Waals surface area (Å²) in [6, 6.07) is 0. The SMILES string of the molecule is CC.CC[S+]1CCC1. The van der Waals surface area contributed by atoms with Crippen molar-refractivity contribution >= 4 is 10.9 Å². The second-order valence-corrected chi connectivity index (χ2v) is 4.28. The molecule has 1 rings (SSSR count). The van der Waals surface area contributed by atoms with Crippen LogP contribution >= 0.6 is 0 Å². The zero-order valence-corrected chi connectivity index (χ0v) is 7.05. The van der Waals surface area contributed by atoms with Gasteiger partial charge in [-0.05, 0) is 17.8 Å². The first-order chi connectivity index (χ1) is 3.93. The third kappa shape index (κ3) is 2.61. The first kappa shape index (κ1) is 8.35. The van der Waals surface area contributed by atoms with Gasteiger partial charge in [-0.15, -0.1) is 0 Å². The van der Waals surface area contributed by atoms with Crippen LogP contribution < -0.4 is 0 Å². The van der Waals surface area contributed by atoms with E-state index < -0.39 is 0 Å². The molecule has 1 aliphatic rings. The van der Waals surface area contributed by atoms with Gasteiger partial charge in [0, 0.05) is 6.42 Å². The first-order valence-electron chi connectivity index (χ1n) is 3.57. The fourth-order valence-corrected chi connectivity index (χ4v) is 1.91. The maximum Gasteiger partial charge on any atom is 0.112 e. The van der Waals surface area contributed by atoms with E-state index >= 15 is 0 Å². The second kappa shape index (κ2) is 5.49. The van der Waals surface area contributed by atoms with Crippen LogP contribution in [0.25, 0.3) is 0 Å². The molecule has 0 spiro atoms. The van der Waals surface area contributed by atoms with Crippen molar-refractivity contribution in [3.8, 4) is 0 Å². The molecule has 0 aromatic rings. The van der Waals surface area contributed by atoms with E-state index in [1.807, 2.05) is 13.8 Å². The summed E-state index contributed by atoms with van der Waals surface area (Å²) in [5, 5.41) is 0. The Morgan fingerprint density at radius 2 is 1.75 bits per heavy atom. The van der Waals surface area contributed by atoms with Gasteiger partial charge in [-0.25, -0.2) is 0 Å². The Bertz CT molecular complexity index is 36.9. The maximum atomic E-state index is 2.29. The number of rotatable bonds is 1. The summed E-state index contributed by atoms with van der Waals surface area (Å²) in [7, 11) is 0.897. The predicted molar refractivity (Wildman–Crippen MR) is 43.6 cm³/mol. The molecule has 1 heteroatoms. The summed E-state index contributed by atoms with van der Waals surface area (Å²) in [5.74, 6) is 4.52. The van der Waals surface area contributed by atoms with Gasteiger partial charge in [-0.3, -0.25) is 0 Å². The number of hydrogen-bond donors (Lipinski definition) is 0. The minimum absolute atomic E-state index is 0.897. The molecule has 0 amide bonds. The lowest BCUT2D eigenvalue weighted by molar-refractivity contribution is 1.03. The Labute approximate surface area is 56.0 Å². The Morgan fingerprint density at radius 3 is 1.75 bits per heavy atom. The molecule has 0 saturated carbocycles. The van der Waals surface area contributed by atoms with Crippen LogP contribution in [0.15, 0.2) is 0 Å². The van der Waals surface area contributed by atoms with Crippen molar-refractivity contribution in [1.82, 2.24) is 0 Å². The molecule has 0 bridgehead atoms. The van der Waals surface area contributed by atoms with Crippen molar-refractivity contribution < 1.29 is 0 Å². The minimum atomic E-state index is 0.897. The summed E-state index contributed by atoms with van der Waals surface area (Å²) in [4.78, 5) is 0. The standard InChI is InChI=1S/C5H11S.C2H6/c1-2-6-4-3-5-6;1-2/h2-5H2,1H3;1-2H3/q+1;. The summed E-state index contributed by atoms with van der Waals surface area (Å²) in [6.45, 7) is 6.29. The van der Waals surface area contributed by atoms with E-state index in [0.29, 0.717) is 0 Å². The molecule has 0 radical (unpaired) electrons. The van der Waals surface area contributed by atoms with Gasteiger partial charge in [-0.2, -0.15) is 0 Å². The zero-order valence-electron chi connectivity index (χ0n) is 6.24. The third-order valence-corrected chi connectivity index (χ3v) is 3.82. The minimum Gasteiger partial charge on any atom is -0.0683 e. The molecule has 1 saturated heterocycles. The average molecular weight is 133 g/mol. The molecule has 0 nitrogen and oxygen atoms in total. The van der Waals surface area contributed by atoms with Gasteiger partial charge < -0.3 is 0 Å². The maximum absolute atomic E-state index is 2.29. The van der Waals surface area contributed by atoms with Crippen molar-refractivity contribution in [2.24, 2.45) is 0 Å². The van der Waals surface area contributed by atoms with E-state index in [4.69, 9.17) is 0 Å². The van der Waals surface area contributed by atoms with E-state index in [0.717, 1.165) is 10.9 Å². The Morgan fingerprint density at radius 1 is 1.25 bits per heavy atom. The zero-order chi connectivity index (χ0) is 6.41. The molecule has 0 atom stereocenters. The highest BCUT2D eigenvalue weighted by Crippen LogP contribution is 2.11. The van der Waals surface area contributed by atoms with Crippen molar-refractivity contribution in [1.29, 1.82) is 0 Å². The lowest BCUT2D eigenvalue weighted by atomic mass is 10.5. The highest BCUT2D eigenvalue weighted by Gasteiger charge is 2.24. The molecule has 0 aromatic heterocycles. The normalized spacial score (nSPS) is 18.4. The van der Waals surface area contributed by atoms with Gasteiger partial charge in [-0.1, -0.05) is 13.8 Å². The topological polar surface area (TPSA) is 0 Å². The molecule has 1 aliphatic heterocycles. The van der Waals surface area contributed by atoms with E-state index in [-0.39, 0.29) is 0 Å². The lowest BCUT2D eigenvalue weighted by Crippen LogP contribution is -2.25. The van der Waals surface area contributed by atoms with E-state index in [1.165, 1.54) is 23.7 Å². The van der Waals surface area contributed by atoms with E-state index in [1.54, 1.807) is 0 Å². The first-order valence-corrected chi connectivity index (χ1v) is 5.31. The molecular weight excluding hydrogens is 116 g/mol. The third-order valence-electron chi connectivity index (χ3n) is 1.27. The average Bonchev–Trinajstić information content (AvgIpc) is 1.69. The Balaban J connectivity index is 0.000000222. The second-order valence-electron chi connectivity index (χ2n) is 1.66. The fraction of sp³-hybridized carbons (Fsp3) is 1.00. The van der Waals surface area contributed by atoms with Gasteiger partial charge in [0.2, 0.25) is 0 Å². The van der Waals surface area contributed by atoms with Gasteiger partial charge in [0.05, 0.1) is 0 Å². The summed E-state index contributed by atoms with van der Waals surface area (Å²) < 4.78 is 0. The van der Waals surface area contributed by atoms with Gasteiger partial charge >= 0.3 is 0 Å². The molecule has 0 N–H and O–H groups in total. The largest absolute Gasteiger partial charge is 0.112 e. The van der Waals surface area contributed by atoms with Crippen LogP contribution in [-0.4, -0.2) is 17.3 Å².